The molecule has 16 heavy (non-hydrogen) atoms. The molecule has 1 aromatic rings. The van der Waals surface area contributed by atoms with Gasteiger partial charge in [0.05, 0.1) is 18.3 Å². The van der Waals surface area contributed by atoms with Crippen LogP contribution in [0, 0.1) is 24.5 Å². The van der Waals surface area contributed by atoms with Gasteiger partial charge in [0.1, 0.15) is 11.6 Å². The topological polar surface area (TPSA) is 29.5 Å². The number of aryl methyl sites for hydroxylation is 1. The normalized spacial score (nSPS) is 22.4. The summed E-state index contributed by atoms with van der Waals surface area (Å²) in [6.45, 7) is 2.45. The van der Waals surface area contributed by atoms with Crippen LogP contribution in [0.25, 0.3) is 0 Å². The minimum absolute atomic E-state index is 0.217. The van der Waals surface area contributed by atoms with Crippen LogP contribution in [0.2, 0.25) is 0 Å². The Balaban J connectivity index is 2.34. The second-order valence-electron chi connectivity index (χ2n) is 4.16. The van der Waals surface area contributed by atoms with Crippen molar-refractivity contribution in [3.05, 3.63) is 34.9 Å². The molecule has 0 saturated carbocycles. The van der Waals surface area contributed by atoms with Gasteiger partial charge in [-0.25, -0.2) is 8.78 Å². The number of benzene rings is 1. The van der Waals surface area contributed by atoms with E-state index in [1.165, 1.54) is 12.1 Å². The van der Waals surface area contributed by atoms with Crippen LogP contribution in [0.5, 0.6) is 0 Å². The summed E-state index contributed by atoms with van der Waals surface area (Å²) in [5.41, 5.74) is 0.116. The summed E-state index contributed by atoms with van der Waals surface area (Å²) < 4.78 is 32.3. The number of aliphatic hydroxyl groups excluding tert-OH is 1. The SMILES string of the molecule is Cc1ccc(F)c(C(O)C2CCOC2)c1F. The molecule has 2 nitrogen and oxygen atoms in total. The van der Waals surface area contributed by atoms with Crippen molar-refractivity contribution in [1.82, 2.24) is 0 Å². The van der Waals surface area contributed by atoms with Gasteiger partial charge in [-0.2, -0.15) is 0 Å². The fraction of sp³-hybridized carbons (Fsp3) is 0.500. The Morgan fingerprint density at radius 2 is 2.19 bits per heavy atom. The molecule has 0 spiro atoms. The molecular formula is C12H14F2O2. The number of hydrogen-bond donors (Lipinski definition) is 1. The summed E-state index contributed by atoms with van der Waals surface area (Å²) >= 11 is 0. The Labute approximate surface area is 92.9 Å². The molecule has 1 saturated heterocycles. The molecule has 1 heterocycles. The van der Waals surface area contributed by atoms with Crippen LogP contribution >= 0.6 is 0 Å². The smallest absolute Gasteiger partial charge is 0.134 e. The summed E-state index contributed by atoms with van der Waals surface area (Å²) in [5.74, 6) is -1.56. The van der Waals surface area contributed by atoms with E-state index < -0.39 is 17.7 Å². The van der Waals surface area contributed by atoms with E-state index >= 15 is 0 Å². The summed E-state index contributed by atoms with van der Waals surface area (Å²) in [6, 6.07) is 2.55. The van der Waals surface area contributed by atoms with Crippen LogP contribution in [0.3, 0.4) is 0 Å². The average Bonchev–Trinajstić information content (AvgIpc) is 2.77. The van der Waals surface area contributed by atoms with Crippen molar-refractivity contribution in [2.45, 2.75) is 19.4 Å². The molecule has 1 N–H and O–H groups in total. The van der Waals surface area contributed by atoms with Gasteiger partial charge in [-0.15, -0.1) is 0 Å². The van der Waals surface area contributed by atoms with E-state index in [0.29, 0.717) is 25.2 Å². The molecule has 0 amide bonds. The molecule has 0 radical (unpaired) electrons. The predicted octanol–water partition coefficient (Wildman–Crippen LogP) is 2.34. The zero-order chi connectivity index (χ0) is 11.7. The third kappa shape index (κ3) is 1.95. The van der Waals surface area contributed by atoms with Gasteiger partial charge >= 0.3 is 0 Å². The number of aliphatic hydroxyl groups is 1. The number of halogens is 2. The van der Waals surface area contributed by atoms with E-state index in [2.05, 4.69) is 0 Å². The molecule has 1 fully saturated rings. The van der Waals surface area contributed by atoms with Crippen LogP contribution in [-0.4, -0.2) is 18.3 Å². The third-order valence-electron chi connectivity index (χ3n) is 3.03. The van der Waals surface area contributed by atoms with Gasteiger partial charge in [0, 0.05) is 12.5 Å². The molecule has 88 valence electrons. The molecule has 1 aliphatic rings. The highest BCUT2D eigenvalue weighted by atomic mass is 19.1. The maximum Gasteiger partial charge on any atom is 0.134 e. The number of ether oxygens (including phenoxy) is 1. The largest absolute Gasteiger partial charge is 0.388 e. The number of rotatable bonds is 2. The lowest BCUT2D eigenvalue weighted by Gasteiger charge is -2.18. The highest BCUT2D eigenvalue weighted by Crippen LogP contribution is 2.32. The summed E-state index contributed by atoms with van der Waals surface area (Å²) in [6.07, 6.45) is -0.490. The molecule has 2 rings (SSSR count). The minimum Gasteiger partial charge on any atom is -0.388 e. The fourth-order valence-electron chi connectivity index (χ4n) is 1.99. The molecule has 1 aromatic carbocycles. The molecule has 0 aliphatic carbocycles. The lowest BCUT2D eigenvalue weighted by atomic mass is 9.93. The number of hydrogen-bond acceptors (Lipinski definition) is 2. The minimum atomic E-state index is -1.12. The summed E-state index contributed by atoms with van der Waals surface area (Å²) in [5, 5.41) is 9.95. The fourth-order valence-corrected chi connectivity index (χ4v) is 1.99. The van der Waals surface area contributed by atoms with Crippen molar-refractivity contribution in [3.8, 4) is 0 Å². The first-order valence-electron chi connectivity index (χ1n) is 5.31. The van der Waals surface area contributed by atoms with Crippen LogP contribution in [0.1, 0.15) is 23.7 Å². The van der Waals surface area contributed by atoms with Gasteiger partial charge in [-0.05, 0) is 25.0 Å². The van der Waals surface area contributed by atoms with Crippen LogP contribution in [0.4, 0.5) is 8.78 Å². The van der Waals surface area contributed by atoms with E-state index in [9.17, 15) is 13.9 Å². The van der Waals surface area contributed by atoms with Gasteiger partial charge in [0.25, 0.3) is 0 Å². The zero-order valence-electron chi connectivity index (χ0n) is 9.04. The monoisotopic (exact) mass is 228 g/mol. The van der Waals surface area contributed by atoms with E-state index in [1.54, 1.807) is 6.92 Å². The van der Waals surface area contributed by atoms with Gasteiger partial charge in [-0.3, -0.25) is 0 Å². The van der Waals surface area contributed by atoms with Gasteiger partial charge in [-0.1, -0.05) is 6.07 Å². The van der Waals surface area contributed by atoms with E-state index in [4.69, 9.17) is 4.74 Å². The quantitative estimate of drug-likeness (QED) is 0.841. The van der Waals surface area contributed by atoms with Crippen molar-refractivity contribution in [3.63, 3.8) is 0 Å². The molecule has 0 aromatic heterocycles. The van der Waals surface area contributed by atoms with E-state index in [1.807, 2.05) is 0 Å². The Morgan fingerprint density at radius 3 is 2.81 bits per heavy atom. The molecule has 0 bridgehead atoms. The zero-order valence-corrected chi connectivity index (χ0v) is 9.04. The molecule has 1 aliphatic heterocycles. The average molecular weight is 228 g/mol. The first-order chi connectivity index (χ1) is 7.61. The maximum atomic E-state index is 13.7. The highest BCUT2D eigenvalue weighted by molar-refractivity contribution is 5.28. The van der Waals surface area contributed by atoms with E-state index in [0.717, 1.165) is 0 Å². The first-order valence-corrected chi connectivity index (χ1v) is 5.31. The second-order valence-corrected chi connectivity index (χ2v) is 4.16. The van der Waals surface area contributed by atoms with Crippen LogP contribution in [0.15, 0.2) is 12.1 Å². The van der Waals surface area contributed by atoms with Crippen molar-refractivity contribution < 1.29 is 18.6 Å². The summed E-state index contributed by atoms with van der Waals surface area (Å²) in [7, 11) is 0. The molecule has 2 unspecified atom stereocenters. The lowest BCUT2D eigenvalue weighted by Crippen LogP contribution is -2.16. The molecule has 4 heteroatoms. The van der Waals surface area contributed by atoms with Gasteiger partial charge in [0.2, 0.25) is 0 Å². The van der Waals surface area contributed by atoms with Crippen molar-refractivity contribution in [2.75, 3.05) is 13.2 Å². The van der Waals surface area contributed by atoms with Gasteiger partial charge in [0.15, 0.2) is 0 Å². The van der Waals surface area contributed by atoms with E-state index in [-0.39, 0.29) is 11.5 Å². The third-order valence-corrected chi connectivity index (χ3v) is 3.03. The standard InChI is InChI=1S/C12H14F2O2/c1-7-2-3-9(13)10(11(7)14)12(15)8-4-5-16-6-8/h2-3,8,12,15H,4-6H2,1H3. The maximum absolute atomic E-state index is 13.7. The molecule has 2 atom stereocenters. The summed E-state index contributed by atoms with van der Waals surface area (Å²) in [4.78, 5) is 0. The molecular weight excluding hydrogens is 214 g/mol. The lowest BCUT2D eigenvalue weighted by molar-refractivity contribution is 0.0857. The Hall–Kier alpha value is -1.00. The van der Waals surface area contributed by atoms with Crippen LogP contribution < -0.4 is 0 Å². The second kappa shape index (κ2) is 4.47. The van der Waals surface area contributed by atoms with Gasteiger partial charge < -0.3 is 9.84 Å². The first kappa shape index (κ1) is 11.5. The van der Waals surface area contributed by atoms with Crippen molar-refractivity contribution in [1.29, 1.82) is 0 Å². The van der Waals surface area contributed by atoms with Crippen molar-refractivity contribution >= 4 is 0 Å². The Morgan fingerprint density at radius 1 is 1.44 bits per heavy atom. The predicted molar refractivity (Wildman–Crippen MR) is 55.0 cm³/mol. The van der Waals surface area contributed by atoms with Crippen LogP contribution in [-0.2, 0) is 4.74 Å². The Bertz CT molecular complexity index is 387. The Kier molecular flexibility index (Phi) is 3.21. The van der Waals surface area contributed by atoms with Crippen molar-refractivity contribution in [2.24, 2.45) is 5.92 Å². The highest BCUT2D eigenvalue weighted by Gasteiger charge is 2.30.